The average molecular weight is 509 g/mol. The van der Waals surface area contributed by atoms with Crippen LogP contribution in [-0.2, 0) is 10.3 Å². The van der Waals surface area contributed by atoms with E-state index in [1.807, 2.05) is 21.6 Å². The van der Waals surface area contributed by atoms with Crippen molar-refractivity contribution in [3.05, 3.63) is 108 Å². The third-order valence-corrected chi connectivity index (χ3v) is 8.78. The van der Waals surface area contributed by atoms with Crippen molar-refractivity contribution in [2.45, 2.75) is 57.0 Å². The fraction of sp³-hybridized carbons (Fsp3) is 0.419. The molecule has 0 aliphatic carbocycles. The van der Waals surface area contributed by atoms with E-state index in [1.54, 1.807) is 0 Å². The van der Waals surface area contributed by atoms with Crippen molar-refractivity contribution in [3.63, 3.8) is 0 Å². The molecule has 0 bridgehead atoms. The fourth-order valence-electron chi connectivity index (χ4n) is 4.35. The molecular weight excluding hydrogens is 468 g/mol. The SMILES string of the molecule is OCCCCCCSSCCCCCCOC(c1ccccc1)(c1ccccc1)c1ccccc1. The minimum atomic E-state index is -0.604. The molecule has 1 N–H and O–H groups in total. The minimum absolute atomic E-state index is 0.332. The van der Waals surface area contributed by atoms with Gasteiger partial charge in [-0.25, -0.2) is 0 Å². The van der Waals surface area contributed by atoms with Gasteiger partial charge in [0.05, 0.1) is 0 Å². The predicted molar refractivity (Wildman–Crippen MR) is 154 cm³/mol. The molecule has 0 aromatic heterocycles. The Balaban J connectivity index is 1.49. The van der Waals surface area contributed by atoms with E-state index in [0.29, 0.717) is 6.61 Å². The zero-order chi connectivity index (χ0) is 24.4. The lowest BCUT2D eigenvalue weighted by molar-refractivity contribution is 0.0107. The summed E-state index contributed by atoms with van der Waals surface area (Å²) in [4.78, 5) is 0. The summed E-state index contributed by atoms with van der Waals surface area (Å²) in [6.45, 7) is 1.06. The van der Waals surface area contributed by atoms with Crippen LogP contribution < -0.4 is 0 Å². The summed E-state index contributed by atoms with van der Waals surface area (Å²) in [5, 5.41) is 8.82. The summed E-state index contributed by atoms with van der Waals surface area (Å²) in [6, 6.07) is 31.9. The van der Waals surface area contributed by atoms with Crippen molar-refractivity contribution in [1.29, 1.82) is 0 Å². The first kappa shape index (κ1) is 27.9. The monoisotopic (exact) mass is 508 g/mol. The highest BCUT2D eigenvalue weighted by Gasteiger charge is 2.37. The highest BCUT2D eigenvalue weighted by Crippen LogP contribution is 2.40. The van der Waals surface area contributed by atoms with Crippen LogP contribution in [0, 0.1) is 0 Å². The van der Waals surface area contributed by atoms with Crippen LogP contribution in [0.25, 0.3) is 0 Å². The van der Waals surface area contributed by atoms with E-state index in [0.717, 1.165) is 25.9 Å². The van der Waals surface area contributed by atoms with E-state index < -0.39 is 5.60 Å². The number of rotatable bonds is 18. The lowest BCUT2D eigenvalue weighted by Gasteiger charge is -2.36. The molecule has 0 fully saturated rings. The molecule has 3 aromatic rings. The van der Waals surface area contributed by atoms with Gasteiger partial charge in [0.2, 0.25) is 0 Å². The highest BCUT2D eigenvalue weighted by atomic mass is 33.1. The molecule has 2 nitrogen and oxygen atoms in total. The number of aliphatic hydroxyl groups excluding tert-OH is 1. The Morgan fingerprint density at radius 1 is 0.514 bits per heavy atom. The van der Waals surface area contributed by atoms with Crippen LogP contribution in [-0.4, -0.2) is 29.8 Å². The molecule has 0 saturated carbocycles. The third-order valence-electron chi connectivity index (χ3n) is 6.20. The normalized spacial score (nSPS) is 11.6. The summed E-state index contributed by atoms with van der Waals surface area (Å²) in [7, 11) is 4.02. The van der Waals surface area contributed by atoms with Crippen molar-refractivity contribution in [1.82, 2.24) is 0 Å². The number of unbranched alkanes of at least 4 members (excludes halogenated alkanes) is 6. The van der Waals surface area contributed by atoms with Crippen LogP contribution in [0.1, 0.15) is 68.1 Å². The maximum Gasteiger partial charge on any atom is 0.143 e. The molecule has 0 unspecified atom stereocenters. The van der Waals surface area contributed by atoms with Gasteiger partial charge in [-0.05, 0) is 42.4 Å². The molecule has 0 aliphatic rings. The molecule has 0 saturated heterocycles. The van der Waals surface area contributed by atoms with Crippen molar-refractivity contribution >= 4 is 21.6 Å². The molecule has 188 valence electrons. The topological polar surface area (TPSA) is 29.5 Å². The lowest BCUT2D eigenvalue weighted by atomic mass is 9.80. The van der Waals surface area contributed by atoms with Gasteiger partial charge in [-0.2, -0.15) is 0 Å². The first-order valence-corrected chi connectivity index (χ1v) is 15.5. The van der Waals surface area contributed by atoms with Gasteiger partial charge in [-0.1, -0.05) is 138 Å². The quantitative estimate of drug-likeness (QED) is 0.106. The van der Waals surface area contributed by atoms with Crippen molar-refractivity contribution < 1.29 is 9.84 Å². The van der Waals surface area contributed by atoms with Gasteiger partial charge in [0, 0.05) is 24.7 Å². The van der Waals surface area contributed by atoms with E-state index in [-0.39, 0.29) is 0 Å². The van der Waals surface area contributed by atoms with Gasteiger partial charge in [0.1, 0.15) is 5.60 Å². The Morgan fingerprint density at radius 2 is 0.914 bits per heavy atom. The number of ether oxygens (including phenoxy) is 1. The summed E-state index contributed by atoms with van der Waals surface area (Å²) >= 11 is 0. The zero-order valence-corrected chi connectivity index (χ0v) is 22.5. The lowest BCUT2D eigenvalue weighted by Crippen LogP contribution is -2.33. The van der Waals surface area contributed by atoms with Gasteiger partial charge in [-0.15, -0.1) is 0 Å². The zero-order valence-electron chi connectivity index (χ0n) is 20.8. The number of hydrogen-bond acceptors (Lipinski definition) is 4. The molecule has 0 radical (unpaired) electrons. The van der Waals surface area contributed by atoms with Crippen molar-refractivity contribution in [2.24, 2.45) is 0 Å². The minimum Gasteiger partial charge on any atom is -0.396 e. The molecular formula is C31H40O2S2. The van der Waals surface area contributed by atoms with Crippen LogP contribution in [0.4, 0.5) is 0 Å². The van der Waals surface area contributed by atoms with Gasteiger partial charge in [0.25, 0.3) is 0 Å². The summed E-state index contributed by atoms with van der Waals surface area (Å²) in [5.74, 6) is 2.45. The van der Waals surface area contributed by atoms with Crippen molar-refractivity contribution in [3.8, 4) is 0 Å². The number of hydrogen-bond donors (Lipinski definition) is 1. The Bertz CT molecular complexity index is 806. The summed E-state index contributed by atoms with van der Waals surface area (Å²) in [6.07, 6.45) is 9.39. The van der Waals surface area contributed by atoms with E-state index in [9.17, 15) is 0 Å². The summed E-state index contributed by atoms with van der Waals surface area (Å²) in [5.41, 5.74) is 2.90. The second-order valence-corrected chi connectivity index (χ2v) is 11.5. The maximum absolute atomic E-state index is 8.82. The molecule has 0 amide bonds. The Labute approximate surface area is 220 Å². The molecule has 3 aromatic carbocycles. The van der Waals surface area contributed by atoms with E-state index in [2.05, 4.69) is 91.0 Å². The smallest absolute Gasteiger partial charge is 0.143 e. The van der Waals surface area contributed by atoms with E-state index >= 15 is 0 Å². The van der Waals surface area contributed by atoms with Gasteiger partial charge >= 0.3 is 0 Å². The van der Waals surface area contributed by atoms with Crippen LogP contribution >= 0.6 is 21.6 Å². The van der Waals surface area contributed by atoms with Gasteiger partial charge in [0.15, 0.2) is 0 Å². The van der Waals surface area contributed by atoms with Crippen LogP contribution in [0.2, 0.25) is 0 Å². The standard InChI is InChI=1S/C31H40O2S2/c32-24-14-1-3-16-26-34-35-27-17-4-2-15-25-33-31(28-18-8-5-9-19-28,29-20-10-6-11-21-29)30-22-12-7-13-23-30/h5-13,18-23,32H,1-4,14-17,24-27H2. The second kappa shape index (κ2) is 16.9. The van der Waals surface area contributed by atoms with Crippen LogP contribution in [0.15, 0.2) is 91.0 Å². The van der Waals surface area contributed by atoms with E-state index in [4.69, 9.17) is 9.84 Å². The van der Waals surface area contributed by atoms with Crippen molar-refractivity contribution in [2.75, 3.05) is 24.7 Å². The molecule has 0 spiro atoms. The van der Waals surface area contributed by atoms with E-state index in [1.165, 1.54) is 60.3 Å². The number of benzene rings is 3. The Kier molecular flexibility index (Phi) is 13.4. The maximum atomic E-state index is 8.82. The molecule has 0 aliphatic heterocycles. The second-order valence-electron chi connectivity index (χ2n) is 8.82. The first-order valence-electron chi connectivity index (χ1n) is 13.0. The van der Waals surface area contributed by atoms with Gasteiger partial charge in [-0.3, -0.25) is 0 Å². The Hall–Kier alpha value is -1.72. The van der Waals surface area contributed by atoms with Gasteiger partial charge < -0.3 is 9.84 Å². The highest BCUT2D eigenvalue weighted by molar-refractivity contribution is 8.76. The molecule has 3 rings (SSSR count). The molecule has 35 heavy (non-hydrogen) atoms. The van der Waals surface area contributed by atoms with Crippen LogP contribution in [0.5, 0.6) is 0 Å². The first-order chi connectivity index (χ1) is 17.4. The number of aliphatic hydroxyl groups is 1. The third kappa shape index (κ3) is 9.02. The predicted octanol–water partition coefficient (Wildman–Crippen LogP) is 8.49. The average Bonchev–Trinajstić information content (AvgIpc) is 2.93. The fourth-order valence-corrected chi connectivity index (χ4v) is 6.65. The molecule has 0 heterocycles. The molecule has 4 heteroatoms. The largest absolute Gasteiger partial charge is 0.396 e. The Morgan fingerprint density at radius 3 is 1.34 bits per heavy atom. The van der Waals surface area contributed by atoms with Crippen LogP contribution in [0.3, 0.4) is 0 Å². The summed E-state index contributed by atoms with van der Waals surface area (Å²) < 4.78 is 6.86. The molecule has 0 atom stereocenters.